The molecule has 0 fully saturated rings. The molecule has 0 spiro atoms. The molecule has 0 bridgehead atoms. The number of anilines is 1. The smallest absolute Gasteiger partial charge is 0.256 e. The molecule has 0 aliphatic rings. The zero-order valence-electron chi connectivity index (χ0n) is 14.2. The molecule has 1 heterocycles. The summed E-state index contributed by atoms with van der Waals surface area (Å²) in [5.74, 6) is 0.538. The molecule has 124 valence electrons. The number of aromatic nitrogens is 1. The third kappa shape index (κ3) is 3.62. The summed E-state index contributed by atoms with van der Waals surface area (Å²) in [4.78, 5) is 17.1. The van der Waals surface area contributed by atoms with E-state index in [9.17, 15) is 4.79 Å². The van der Waals surface area contributed by atoms with Crippen LogP contribution in [0.15, 0.2) is 30.5 Å². The van der Waals surface area contributed by atoms with Crippen molar-refractivity contribution in [1.82, 2.24) is 4.98 Å². The highest BCUT2D eigenvalue weighted by Crippen LogP contribution is 2.31. The van der Waals surface area contributed by atoms with Gasteiger partial charge in [-0.3, -0.25) is 9.78 Å². The number of fused-ring (bicyclic) bond motifs is 1. The molecule has 0 saturated heterocycles. The number of hydrogen-bond donors (Lipinski definition) is 1. The normalized spacial score (nSPS) is 13.6. The Morgan fingerprint density at radius 1 is 1.30 bits per heavy atom. The van der Waals surface area contributed by atoms with E-state index in [-0.39, 0.29) is 5.91 Å². The highest BCUT2D eigenvalue weighted by atomic mass is 16.5. The van der Waals surface area contributed by atoms with E-state index in [1.807, 2.05) is 45.0 Å². The topological polar surface area (TPSA) is 60.5 Å². The van der Waals surface area contributed by atoms with Crippen LogP contribution in [0.5, 0.6) is 5.75 Å². The Hall–Kier alpha value is -2.14. The summed E-state index contributed by atoms with van der Waals surface area (Å²) in [6.07, 6.45) is 3.24. The third-order valence-electron chi connectivity index (χ3n) is 3.87. The fraction of sp³-hybridized carbons (Fsp3) is 0.444. The molecule has 1 aromatic heterocycles. The van der Waals surface area contributed by atoms with Crippen molar-refractivity contribution in [3.05, 3.63) is 30.5 Å². The summed E-state index contributed by atoms with van der Waals surface area (Å²) >= 11 is 0. The summed E-state index contributed by atoms with van der Waals surface area (Å²) in [5, 5.41) is 3.83. The van der Waals surface area contributed by atoms with Crippen molar-refractivity contribution in [2.24, 2.45) is 0 Å². The van der Waals surface area contributed by atoms with Gasteiger partial charge in [0, 0.05) is 18.2 Å². The van der Waals surface area contributed by atoms with Crippen molar-refractivity contribution in [2.45, 2.75) is 39.2 Å². The zero-order chi connectivity index (χ0) is 16.9. The van der Waals surface area contributed by atoms with Crippen molar-refractivity contribution in [1.29, 1.82) is 0 Å². The molecule has 1 atom stereocenters. The lowest BCUT2D eigenvalue weighted by Crippen LogP contribution is -2.42. The molecule has 0 saturated carbocycles. The number of methoxy groups -OCH3 is 1. The first kappa shape index (κ1) is 17.2. The molecule has 5 nitrogen and oxygen atoms in total. The van der Waals surface area contributed by atoms with Crippen molar-refractivity contribution < 1.29 is 14.3 Å². The second-order valence-corrected chi connectivity index (χ2v) is 5.58. The summed E-state index contributed by atoms with van der Waals surface area (Å²) in [7, 11) is 1.61. The molecular formula is C18H24N2O3. The summed E-state index contributed by atoms with van der Waals surface area (Å²) in [6, 6.07) is 7.39. The van der Waals surface area contributed by atoms with Gasteiger partial charge in [0.15, 0.2) is 0 Å². The van der Waals surface area contributed by atoms with Crippen molar-refractivity contribution in [3.8, 4) is 5.75 Å². The van der Waals surface area contributed by atoms with Gasteiger partial charge in [-0.25, -0.2) is 0 Å². The van der Waals surface area contributed by atoms with Gasteiger partial charge in [-0.2, -0.15) is 0 Å². The standard InChI is InChI=1S/C18H24N2O3/c1-5-11-18(3,23-6-2)17(21)20-14-9-10-15(22-4)16-13(14)8-7-12-19-16/h7-10,12H,5-6,11H2,1-4H3,(H,20,21)/t18-/m1/s1. The van der Waals surface area contributed by atoms with E-state index in [0.29, 0.717) is 24.5 Å². The second-order valence-electron chi connectivity index (χ2n) is 5.58. The van der Waals surface area contributed by atoms with Crippen LogP contribution in [-0.2, 0) is 9.53 Å². The van der Waals surface area contributed by atoms with Gasteiger partial charge in [-0.15, -0.1) is 0 Å². The molecule has 1 aromatic carbocycles. The minimum atomic E-state index is -0.835. The van der Waals surface area contributed by atoms with Crippen molar-refractivity contribution in [2.75, 3.05) is 19.0 Å². The second kappa shape index (κ2) is 7.42. The molecule has 1 amide bonds. The van der Waals surface area contributed by atoms with Crippen molar-refractivity contribution >= 4 is 22.5 Å². The Labute approximate surface area is 137 Å². The minimum absolute atomic E-state index is 0.142. The summed E-state index contributed by atoms with van der Waals surface area (Å²) in [5.41, 5.74) is 0.597. The van der Waals surface area contributed by atoms with Gasteiger partial charge in [-0.05, 0) is 44.5 Å². The number of carbonyl (C=O) groups excluding carboxylic acids is 1. The van der Waals surface area contributed by atoms with E-state index in [2.05, 4.69) is 10.3 Å². The first-order valence-electron chi connectivity index (χ1n) is 7.92. The van der Waals surface area contributed by atoms with Crippen LogP contribution in [-0.4, -0.2) is 30.2 Å². The Kier molecular flexibility index (Phi) is 5.55. The first-order chi connectivity index (χ1) is 11.1. The van der Waals surface area contributed by atoms with Gasteiger partial charge < -0.3 is 14.8 Å². The highest BCUT2D eigenvalue weighted by Gasteiger charge is 2.33. The summed E-state index contributed by atoms with van der Waals surface area (Å²) < 4.78 is 11.0. The molecule has 2 rings (SSSR count). The fourth-order valence-corrected chi connectivity index (χ4v) is 2.72. The maximum Gasteiger partial charge on any atom is 0.256 e. The van der Waals surface area contributed by atoms with Crippen LogP contribution < -0.4 is 10.1 Å². The fourth-order valence-electron chi connectivity index (χ4n) is 2.72. The van der Waals surface area contributed by atoms with Gasteiger partial charge in [0.2, 0.25) is 0 Å². The lowest BCUT2D eigenvalue weighted by atomic mass is 9.98. The van der Waals surface area contributed by atoms with E-state index in [1.165, 1.54) is 0 Å². The SMILES string of the molecule is CCC[C@@](C)(OCC)C(=O)Nc1ccc(OC)c2ncccc12. The lowest BCUT2D eigenvalue weighted by Gasteiger charge is -2.28. The van der Waals surface area contributed by atoms with Crippen molar-refractivity contribution in [3.63, 3.8) is 0 Å². The predicted octanol–water partition coefficient (Wildman–Crippen LogP) is 3.78. The number of pyridine rings is 1. The zero-order valence-corrected chi connectivity index (χ0v) is 14.2. The number of nitrogens with one attached hydrogen (secondary N) is 1. The molecule has 0 aliphatic heterocycles. The van der Waals surface area contributed by atoms with Gasteiger partial charge in [0.05, 0.1) is 12.8 Å². The van der Waals surface area contributed by atoms with E-state index >= 15 is 0 Å². The number of rotatable bonds is 7. The maximum atomic E-state index is 12.7. The Morgan fingerprint density at radius 3 is 2.74 bits per heavy atom. The number of benzene rings is 1. The molecular weight excluding hydrogens is 292 g/mol. The van der Waals surface area contributed by atoms with E-state index in [1.54, 1.807) is 13.3 Å². The van der Waals surface area contributed by atoms with E-state index in [0.717, 1.165) is 17.3 Å². The molecule has 23 heavy (non-hydrogen) atoms. The average Bonchev–Trinajstić information content (AvgIpc) is 2.55. The number of carbonyl (C=O) groups is 1. The number of amides is 1. The third-order valence-corrected chi connectivity index (χ3v) is 3.87. The average molecular weight is 316 g/mol. The van der Waals surface area contributed by atoms with E-state index < -0.39 is 5.60 Å². The lowest BCUT2D eigenvalue weighted by molar-refractivity contribution is -0.139. The maximum absolute atomic E-state index is 12.7. The van der Waals surface area contributed by atoms with Gasteiger partial charge in [0.25, 0.3) is 5.91 Å². The molecule has 0 unspecified atom stereocenters. The predicted molar refractivity (Wildman–Crippen MR) is 91.9 cm³/mol. The van der Waals surface area contributed by atoms with Crippen LogP contribution in [0.4, 0.5) is 5.69 Å². The van der Waals surface area contributed by atoms with Gasteiger partial charge in [-0.1, -0.05) is 13.3 Å². The van der Waals surface area contributed by atoms with Gasteiger partial charge in [0.1, 0.15) is 16.9 Å². The quantitative estimate of drug-likeness (QED) is 0.844. The van der Waals surface area contributed by atoms with Crippen LogP contribution in [0, 0.1) is 0 Å². The minimum Gasteiger partial charge on any atom is -0.494 e. The molecule has 0 radical (unpaired) electrons. The Morgan fingerprint density at radius 2 is 2.09 bits per heavy atom. The Bertz CT molecular complexity index is 679. The number of hydrogen-bond acceptors (Lipinski definition) is 4. The molecule has 5 heteroatoms. The highest BCUT2D eigenvalue weighted by molar-refractivity contribution is 6.05. The number of nitrogens with zero attached hydrogens (tertiary/aromatic N) is 1. The monoisotopic (exact) mass is 316 g/mol. The number of ether oxygens (including phenoxy) is 2. The summed E-state index contributed by atoms with van der Waals surface area (Å²) in [6.45, 7) is 6.26. The molecule has 2 aromatic rings. The van der Waals surface area contributed by atoms with Crippen LogP contribution in [0.2, 0.25) is 0 Å². The van der Waals surface area contributed by atoms with Crippen LogP contribution >= 0.6 is 0 Å². The van der Waals surface area contributed by atoms with E-state index in [4.69, 9.17) is 9.47 Å². The van der Waals surface area contributed by atoms with Crippen LogP contribution in [0.1, 0.15) is 33.6 Å². The van der Waals surface area contributed by atoms with Gasteiger partial charge >= 0.3 is 0 Å². The molecule has 1 N–H and O–H groups in total. The van der Waals surface area contributed by atoms with Crippen LogP contribution in [0.3, 0.4) is 0 Å². The molecule has 0 aliphatic carbocycles. The first-order valence-corrected chi connectivity index (χ1v) is 7.92. The Balaban J connectivity index is 2.36. The largest absolute Gasteiger partial charge is 0.494 e. The van der Waals surface area contributed by atoms with Crippen LogP contribution in [0.25, 0.3) is 10.9 Å².